The number of carbonyl (C=O) groups is 2. The minimum atomic E-state index is -0.769. The molecule has 1 heterocycles. The van der Waals surface area contributed by atoms with Gasteiger partial charge in [-0.1, -0.05) is 0 Å². The van der Waals surface area contributed by atoms with Crippen molar-refractivity contribution < 1.29 is 14.7 Å². The minimum Gasteiger partial charge on any atom is -0.481 e. The van der Waals surface area contributed by atoms with E-state index in [1.807, 2.05) is 0 Å². The lowest BCUT2D eigenvalue weighted by Gasteiger charge is -2.46. The number of rotatable bonds is 3. The molecule has 3 N–H and O–H groups in total. The Morgan fingerprint density at radius 3 is 2.05 bits per heavy atom. The molecule has 5 heteroatoms. The molecule has 1 saturated carbocycles. The Hall–Kier alpha value is -1.10. The predicted molar refractivity (Wildman–Crippen MR) is 80.9 cm³/mol. The summed E-state index contributed by atoms with van der Waals surface area (Å²) in [5.41, 5.74) is -0.00204. The van der Waals surface area contributed by atoms with Gasteiger partial charge in [0.2, 0.25) is 5.91 Å². The fourth-order valence-corrected chi connectivity index (χ4v) is 4.19. The molecular weight excluding hydrogens is 268 g/mol. The van der Waals surface area contributed by atoms with Gasteiger partial charge in [0.15, 0.2) is 0 Å². The first-order valence-electron chi connectivity index (χ1n) is 7.90. The number of aliphatic carboxylic acids is 1. The zero-order valence-electron chi connectivity index (χ0n) is 13.5. The van der Waals surface area contributed by atoms with Crippen molar-refractivity contribution in [2.45, 2.75) is 76.9 Å². The normalized spacial score (nSPS) is 31.8. The first-order chi connectivity index (χ1) is 9.58. The quantitative estimate of drug-likeness (QED) is 0.743. The van der Waals surface area contributed by atoms with Crippen LogP contribution in [0.5, 0.6) is 0 Å². The number of nitrogens with one attached hydrogen (secondary N) is 2. The second kappa shape index (κ2) is 5.59. The van der Waals surface area contributed by atoms with Crippen LogP contribution in [0.3, 0.4) is 0 Å². The van der Waals surface area contributed by atoms with Crippen molar-refractivity contribution in [2.75, 3.05) is 0 Å². The predicted octanol–water partition coefficient (Wildman–Crippen LogP) is 1.91. The topological polar surface area (TPSA) is 78.4 Å². The maximum atomic E-state index is 12.4. The molecule has 21 heavy (non-hydrogen) atoms. The lowest BCUT2D eigenvalue weighted by Crippen LogP contribution is -2.62. The first-order valence-corrected chi connectivity index (χ1v) is 7.90. The molecule has 0 aromatic rings. The second-order valence-corrected chi connectivity index (χ2v) is 8.05. The van der Waals surface area contributed by atoms with Crippen LogP contribution < -0.4 is 10.6 Å². The number of carboxylic acid groups (broad SMARTS) is 1. The summed E-state index contributed by atoms with van der Waals surface area (Å²) in [6, 6.07) is 0.160. The Morgan fingerprint density at radius 1 is 1.05 bits per heavy atom. The maximum Gasteiger partial charge on any atom is 0.306 e. The van der Waals surface area contributed by atoms with Crippen LogP contribution in [0.1, 0.15) is 59.8 Å². The minimum absolute atomic E-state index is 0.00102. The largest absolute Gasteiger partial charge is 0.481 e. The molecule has 0 aromatic carbocycles. The van der Waals surface area contributed by atoms with E-state index in [1.165, 1.54) is 0 Å². The van der Waals surface area contributed by atoms with Crippen LogP contribution >= 0.6 is 0 Å². The van der Waals surface area contributed by atoms with E-state index in [-0.39, 0.29) is 34.9 Å². The molecule has 0 spiro atoms. The lowest BCUT2D eigenvalue weighted by molar-refractivity contribution is -0.141. The van der Waals surface area contributed by atoms with E-state index in [4.69, 9.17) is 5.11 Å². The van der Waals surface area contributed by atoms with Gasteiger partial charge in [-0.15, -0.1) is 0 Å². The fourth-order valence-electron chi connectivity index (χ4n) is 4.19. The average Bonchev–Trinajstić information content (AvgIpc) is 2.72. The SMILES string of the molecule is CC1(C)CC(NC(=O)C2CCC(C(=O)O)C2)CC(C)(C)N1. The van der Waals surface area contributed by atoms with Crippen molar-refractivity contribution in [1.29, 1.82) is 0 Å². The van der Waals surface area contributed by atoms with E-state index < -0.39 is 5.97 Å². The summed E-state index contributed by atoms with van der Waals surface area (Å²) >= 11 is 0. The third kappa shape index (κ3) is 4.19. The van der Waals surface area contributed by atoms with E-state index in [2.05, 4.69) is 38.3 Å². The summed E-state index contributed by atoms with van der Waals surface area (Å²) in [5, 5.41) is 15.8. The van der Waals surface area contributed by atoms with Crippen LogP contribution in [0.4, 0.5) is 0 Å². The van der Waals surface area contributed by atoms with E-state index in [1.54, 1.807) is 0 Å². The molecule has 0 radical (unpaired) electrons. The lowest BCUT2D eigenvalue weighted by atomic mass is 9.79. The molecular formula is C16H28N2O3. The van der Waals surface area contributed by atoms with E-state index >= 15 is 0 Å². The molecule has 1 amide bonds. The molecule has 2 rings (SSSR count). The fraction of sp³-hybridized carbons (Fsp3) is 0.875. The van der Waals surface area contributed by atoms with Gasteiger partial charge < -0.3 is 15.7 Å². The second-order valence-electron chi connectivity index (χ2n) is 8.05. The number of hydrogen-bond donors (Lipinski definition) is 3. The molecule has 2 unspecified atom stereocenters. The summed E-state index contributed by atoms with van der Waals surface area (Å²) in [4.78, 5) is 23.4. The van der Waals surface area contributed by atoms with Crippen LogP contribution in [0.2, 0.25) is 0 Å². The van der Waals surface area contributed by atoms with Crippen molar-refractivity contribution >= 4 is 11.9 Å². The van der Waals surface area contributed by atoms with Gasteiger partial charge in [0.25, 0.3) is 0 Å². The molecule has 5 nitrogen and oxygen atoms in total. The molecule has 1 aliphatic carbocycles. The van der Waals surface area contributed by atoms with E-state index in [0.29, 0.717) is 19.3 Å². The highest BCUT2D eigenvalue weighted by Crippen LogP contribution is 2.33. The highest BCUT2D eigenvalue weighted by Gasteiger charge is 2.40. The Balaban J connectivity index is 1.92. The van der Waals surface area contributed by atoms with Gasteiger partial charge in [-0.05, 0) is 59.8 Å². The molecule has 120 valence electrons. The van der Waals surface area contributed by atoms with Gasteiger partial charge in [-0.2, -0.15) is 0 Å². The van der Waals surface area contributed by atoms with Gasteiger partial charge in [0.1, 0.15) is 0 Å². The van der Waals surface area contributed by atoms with Gasteiger partial charge in [-0.3, -0.25) is 9.59 Å². The molecule has 2 fully saturated rings. The Labute approximate surface area is 126 Å². The standard InChI is InChI=1S/C16H28N2O3/c1-15(2)8-12(9-16(3,4)18-15)17-13(19)10-5-6-11(7-10)14(20)21/h10-12,18H,5-9H2,1-4H3,(H,17,19)(H,20,21). The zero-order chi connectivity index (χ0) is 15.8. The van der Waals surface area contributed by atoms with Gasteiger partial charge in [0.05, 0.1) is 5.92 Å². The molecule has 0 bridgehead atoms. The third-order valence-electron chi connectivity index (χ3n) is 4.69. The Bertz CT molecular complexity index is 415. The van der Waals surface area contributed by atoms with Gasteiger partial charge in [-0.25, -0.2) is 0 Å². The van der Waals surface area contributed by atoms with Crippen LogP contribution in [-0.2, 0) is 9.59 Å². The molecule has 0 aromatic heterocycles. The summed E-state index contributed by atoms with van der Waals surface area (Å²) in [7, 11) is 0. The number of carbonyl (C=O) groups excluding carboxylic acids is 1. The van der Waals surface area contributed by atoms with E-state index in [9.17, 15) is 9.59 Å². The zero-order valence-corrected chi connectivity index (χ0v) is 13.5. The van der Waals surface area contributed by atoms with Crippen molar-refractivity contribution in [3.05, 3.63) is 0 Å². The third-order valence-corrected chi connectivity index (χ3v) is 4.69. The van der Waals surface area contributed by atoms with Crippen LogP contribution in [0.15, 0.2) is 0 Å². The molecule has 1 saturated heterocycles. The number of piperidine rings is 1. The highest BCUT2D eigenvalue weighted by molar-refractivity contribution is 5.81. The number of amides is 1. The van der Waals surface area contributed by atoms with Gasteiger partial charge in [0, 0.05) is 23.0 Å². The van der Waals surface area contributed by atoms with Crippen LogP contribution in [0.25, 0.3) is 0 Å². The first kappa shape index (κ1) is 16.3. The van der Waals surface area contributed by atoms with Crippen molar-refractivity contribution in [1.82, 2.24) is 10.6 Å². The number of hydrogen-bond acceptors (Lipinski definition) is 3. The summed E-state index contributed by atoms with van der Waals surface area (Å²) < 4.78 is 0. The van der Waals surface area contributed by atoms with Crippen molar-refractivity contribution in [3.63, 3.8) is 0 Å². The highest BCUT2D eigenvalue weighted by atomic mass is 16.4. The molecule has 2 atom stereocenters. The smallest absolute Gasteiger partial charge is 0.306 e. The average molecular weight is 296 g/mol. The van der Waals surface area contributed by atoms with Crippen molar-refractivity contribution in [2.24, 2.45) is 11.8 Å². The maximum absolute atomic E-state index is 12.4. The van der Waals surface area contributed by atoms with Crippen LogP contribution in [0, 0.1) is 11.8 Å². The van der Waals surface area contributed by atoms with Crippen molar-refractivity contribution in [3.8, 4) is 0 Å². The van der Waals surface area contributed by atoms with Crippen LogP contribution in [-0.4, -0.2) is 34.1 Å². The Kier molecular flexibility index (Phi) is 4.34. The summed E-state index contributed by atoms with van der Waals surface area (Å²) in [6.45, 7) is 8.62. The monoisotopic (exact) mass is 296 g/mol. The Morgan fingerprint density at radius 2 is 1.57 bits per heavy atom. The van der Waals surface area contributed by atoms with Gasteiger partial charge >= 0.3 is 5.97 Å². The molecule has 1 aliphatic heterocycles. The summed E-state index contributed by atoms with van der Waals surface area (Å²) in [5.74, 6) is -1.21. The number of carboxylic acids is 1. The molecule has 2 aliphatic rings. The van der Waals surface area contributed by atoms with E-state index in [0.717, 1.165) is 12.8 Å². The summed E-state index contributed by atoms with van der Waals surface area (Å²) in [6.07, 6.45) is 3.60.